The van der Waals surface area contributed by atoms with Gasteiger partial charge in [-0.25, -0.2) is 9.48 Å². The maximum absolute atomic E-state index is 13.2. The number of ether oxygens (including phenoxy) is 1. The number of carbonyl (C=O) groups is 1. The first-order valence-corrected chi connectivity index (χ1v) is 10.3. The zero-order valence-corrected chi connectivity index (χ0v) is 17.5. The van der Waals surface area contributed by atoms with Gasteiger partial charge in [0, 0.05) is 17.0 Å². The number of hydrogen-bond acceptors (Lipinski definition) is 5. The molecular weight excluding hydrogens is 426 g/mol. The summed E-state index contributed by atoms with van der Waals surface area (Å²) < 4.78 is 6.97. The van der Waals surface area contributed by atoms with Gasteiger partial charge in [0.25, 0.3) is 5.56 Å². The van der Waals surface area contributed by atoms with Crippen LogP contribution in [0.3, 0.4) is 0 Å². The fourth-order valence-electron chi connectivity index (χ4n) is 3.59. The highest BCUT2D eigenvalue weighted by molar-refractivity contribution is 6.35. The third-order valence-corrected chi connectivity index (χ3v) is 5.45. The quantitative estimate of drug-likeness (QED) is 0.294. The average molecular weight is 442 g/mol. The second-order valence-corrected chi connectivity index (χ2v) is 7.58. The number of nitrogens with zero attached hydrogens (tertiary/aromatic N) is 3. The Balaban J connectivity index is 1.61. The van der Waals surface area contributed by atoms with Crippen LogP contribution < -0.4 is 10.3 Å². The molecule has 2 heterocycles. The van der Waals surface area contributed by atoms with Crippen molar-refractivity contribution in [2.45, 2.75) is 6.54 Å². The van der Waals surface area contributed by atoms with E-state index in [9.17, 15) is 9.59 Å². The number of pyridine rings is 1. The summed E-state index contributed by atoms with van der Waals surface area (Å²) >= 11 is 6.25. The highest BCUT2D eigenvalue weighted by atomic mass is 35.5. The first-order valence-electron chi connectivity index (χ1n) is 9.91. The van der Waals surface area contributed by atoms with E-state index >= 15 is 0 Å². The standard InChI is InChI=1S/C25H16ClN3O3/c26-20-12-13-21(22-19(20)11-6-14-27-22)32-25(31)23-17-9-4-5-10-18(17)24(30)29(28-23)15-16-7-2-1-3-8-16/h1-14H,15H2. The van der Waals surface area contributed by atoms with Gasteiger partial charge < -0.3 is 4.74 Å². The Morgan fingerprint density at radius 1 is 0.875 bits per heavy atom. The van der Waals surface area contributed by atoms with Crippen LogP contribution in [0.5, 0.6) is 5.75 Å². The molecule has 0 aliphatic carbocycles. The molecule has 0 saturated heterocycles. The minimum Gasteiger partial charge on any atom is -0.419 e. The first-order chi connectivity index (χ1) is 15.6. The Kier molecular flexibility index (Phi) is 5.13. The van der Waals surface area contributed by atoms with Gasteiger partial charge in [0.05, 0.1) is 17.0 Å². The molecule has 0 amide bonds. The van der Waals surface area contributed by atoms with Gasteiger partial charge in [-0.05, 0) is 35.9 Å². The summed E-state index contributed by atoms with van der Waals surface area (Å²) in [6.07, 6.45) is 1.60. The van der Waals surface area contributed by atoms with Crippen molar-refractivity contribution in [3.63, 3.8) is 0 Å². The molecular formula is C25H16ClN3O3. The SMILES string of the molecule is O=C(Oc1ccc(Cl)c2cccnc12)c1nn(Cc2ccccc2)c(=O)c2ccccc12. The number of hydrogen-bond donors (Lipinski definition) is 0. The predicted octanol–water partition coefficient (Wildman–Crippen LogP) is 4.87. The van der Waals surface area contributed by atoms with Crippen molar-refractivity contribution in [3.05, 3.63) is 112 Å². The van der Waals surface area contributed by atoms with Gasteiger partial charge >= 0.3 is 5.97 Å². The van der Waals surface area contributed by atoms with Gasteiger partial charge in [-0.2, -0.15) is 5.10 Å². The fourth-order valence-corrected chi connectivity index (χ4v) is 3.81. The number of aromatic nitrogens is 3. The van der Waals surface area contributed by atoms with Gasteiger partial charge in [0.15, 0.2) is 11.4 Å². The monoisotopic (exact) mass is 441 g/mol. The van der Waals surface area contributed by atoms with E-state index in [0.717, 1.165) is 5.56 Å². The van der Waals surface area contributed by atoms with Crippen molar-refractivity contribution in [1.29, 1.82) is 0 Å². The zero-order chi connectivity index (χ0) is 22.1. The first kappa shape index (κ1) is 19.9. The molecule has 6 nitrogen and oxygen atoms in total. The third kappa shape index (κ3) is 3.61. The van der Waals surface area contributed by atoms with E-state index in [-0.39, 0.29) is 23.5 Å². The summed E-state index contributed by atoms with van der Waals surface area (Å²) in [4.78, 5) is 30.5. The van der Waals surface area contributed by atoms with E-state index in [4.69, 9.17) is 16.3 Å². The van der Waals surface area contributed by atoms with E-state index in [2.05, 4.69) is 10.1 Å². The molecule has 0 atom stereocenters. The van der Waals surface area contributed by atoms with Crippen LogP contribution in [-0.4, -0.2) is 20.7 Å². The summed E-state index contributed by atoms with van der Waals surface area (Å²) in [5.74, 6) is -0.418. The van der Waals surface area contributed by atoms with E-state index in [1.54, 1.807) is 54.7 Å². The van der Waals surface area contributed by atoms with Crippen molar-refractivity contribution >= 4 is 39.2 Å². The highest BCUT2D eigenvalue weighted by Crippen LogP contribution is 2.30. The van der Waals surface area contributed by atoms with Crippen LogP contribution in [0.25, 0.3) is 21.7 Å². The van der Waals surface area contributed by atoms with Crippen LogP contribution in [0.2, 0.25) is 5.02 Å². The Morgan fingerprint density at radius 2 is 1.59 bits per heavy atom. The molecule has 0 fully saturated rings. The summed E-state index contributed by atoms with van der Waals surface area (Å²) in [5, 5.41) is 6.37. The molecule has 0 aliphatic rings. The predicted molar refractivity (Wildman–Crippen MR) is 123 cm³/mol. The maximum Gasteiger partial charge on any atom is 0.364 e. The normalized spacial score (nSPS) is 11.0. The molecule has 0 N–H and O–H groups in total. The van der Waals surface area contributed by atoms with Crippen LogP contribution in [0.15, 0.2) is 89.9 Å². The van der Waals surface area contributed by atoms with Crippen LogP contribution in [0.1, 0.15) is 16.1 Å². The molecule has 2 aromatic heterocycles. The smallest absolute Gasteiger partial charge is 0.364 e. The molecule has 0 aliphatic heterocycles. The number of fused-ring (bicyclic) bond motifs is 2. The Hall–Kier alpha value is -4.03. The maximum atomic E-state index is 13.2. The van der Waals surface area contributed by atoms with Gasteiger partial charge in [0.1, 0.15) is 5.52 Å². The van der Waals surface area contributed by atoms with E-state index < -0.39 is 5.97 Å². The summed E-state index contributed by atoms with van der Waals surface area (Å²) in [7, 11) is 0. The number of carbonyl (C=O) groups excluding carboxylic acids is 1. The molecule has 0 unspecified atom stereocenters. The lowest BCUT2D eigenvalue weighted by Gasteiger charge is -2.12. The third-order valence-electron chi connectivity index (χ3n) is 5.12. The Bertz CT molecular complexity index is 1530. The molecule has 5 aromatic rings. The van der Waals surface area contributed by atoms with Crippen molar-refractivity contribution < 1.29 is 9.53 Å². The fraction of sp³-hybridized carbons (Fsp3) is 0.0400. The Labute approximate surface area is 187 Å². The van der Waals surface area contributed by atoms with Crippen molar-refractivity contribution in [1.82, 2.24) is 14.8 Å². The van der Waals surface area contributed by atoms with Gasteiger partial charge in [-0.15, -0.1) is 0 Å². The molecule has 0 bridgehead atoms. The van der Waals surface area contributed by atoms with E-state index in [1.807, 2.05) is 30.3 Å². The van der Waals surface area contributed by atoms with Gasteiger partial charge in [-0.3, -0.25) is 9.78 Å². The summed E-state index contributed by atoms with van der Waals surface area (Å²) in [6, 6.07) is 23.1. The van der Waals surface area contributed by atoms with Gasteiger partial charge in [0.2, 0.25) is 0 Å². The molecule has 0 spiro atoms. The van der Waals surface area contributed by atoms with E-state index in [0.29, 0.717) is 26.7 Å². The molecule has 156 valence electrons. The zero-order valence-electron chi connectivity index (χ0n) is 16.7. The minimum atomic E-state index is -0.683. The largest absolute Gasteiger partial charge is 0.419 e. The highest BCUT2D eigenvalue weighted by Gasteiger charge is 2.20. The van der Waals surface area contributed by atoms with E-state index in [1.165, 1.54) is 4.68 Å². The second kappa shape index (κ2) is 8.24. The number of benzene rings is 3. The lowest BCUT2D eigenvalue weighted by atomic mass is 10.1. The molecule has 7 heteroatoms. The molecule has 32 heavy (non-hydrogen) atoms. The number of esters is 1. The van der Waals surface area contributed by atoms with Crippen LogP contribution in [0, 0.1) is 0 Å². The molecule has 5 rings (SSSR count). The number of halogens is 1. The van der Waals surface area contributed by atoms with Crippen molar-refractivity contribution in [2.75, 3.05) is 0 Å². The topological polar surface area (TPSA) is 74.1 Å². The van der Waals surface area contributed by atoms with Crippen molar-refractivity contribution in [2.24, 2.45) is 0 Å². The molecule has 3 aromatic carbocycles. The van der Waals surface area contributed by atoms with Crippen LogP contribution in [0.4, 0.5) is 0 Å². The Morgan fingerprint density at radius 3 is 2.41 bits per heavy atom. The lowest BCUT2D eigenvalue weighted by Crippen LogP contribution is -2.27. The lowest BCUT2D eigenvalue weighted by molar-refractivity contribution is 0.0730. The molecule has 0 saturated carbocycles. The summed E-state index contributed by atoms with van der Waals surface area (Å²) in [5.41, 5.74) is 1.13. The second-order valence-electron chi connectivity index (χ2n) is 7.18. The van der Waals surface area contributed by atoms with Crippen LogP contribution >= 0.6 is 11.6 Å². The summed E-state index contributed by atoms with van der Waals surface area (Å²) in [6.45, 7) is 0.232. The molecule has 0 radical (unpaired) electrons. The minimum absolute atomic E-state index is 0.0511. The number of rotatable bonds is 4. The van der Waals surface area contributed by atoms with Gasteiger partial charge in [-0.1, -0.05) is 60.1 Å². The average Bonchev–Trinajstić information content (AvgIpc) is 2.83. The van der Waals surface area contributed by atoms with Crippen LogP contribution in [-0.2, 0) is 6.54 Å². The van der Waals surface area contributed by atoms with Crippen molar-refractivity contribution in [3.8, 4) is 5.75 Å².